The van der Waals surface area contributed by atoms with Gasteiger partial charge in [0.25, 0.3) is 0 Å². The van der Waals surface area contributed by atoms with Crippen LogP contribution < -0.4 is 5.73 Å². The number of aromatic nitrogens is 1. The average molecular weight is 289 g/mol. The standard InChI is InChI=1S/C18H31N3/c1-3-12-21(13-8-17-5-4-11-20-14-17)18(15-19)9-6-16(2)7-10-18/h4-5,11,14,16H,3,6-10,12-13,15,19H2,1-2H3. The molecular formula is C18H31N3. The maximum absolute atomic E-state index is 6.23. The summed E-state index contributed by atoms with van der Waals surface area (Å²) in [6.45, 7) is 7.71. The van der Waals surface area contributed by atoms with Crippen LogP contribution in [0.15, 0.2) is 24.5 Å². The predicted molar refractivity (Wildman–Crippen MR) is 89.2 cm³/mol. The highest BCUT2D eigenvalue weighted by Gasteiger charge is 2.37. The van der Waals surface area contributed by atoms with Gasteiger partial charge in [0.05, 0.1) is 0 Å². The van der Waals surface area contributed by atoms with E-state index in [-0.39, 0.29) is 5.54 Å². The Hall–Kier alpha value is -0.930. The Morgan fingerprint density at radius 1 is 1.33 bits per heavy atom. The predicted octanol–water partition coefficient (Wildman–Crippen LogP) is 3.24. The van der Waals surface area contributed by atoms with Gasteiger partial charge in [-0.05, 0) is 62.6 Å². The van der Waals surface area contributed by atoms with E-state index in [1.807, 2.05) is 18.5 Å². The fourth-order valence-corrected chi connectivity index (χ4v) is 3.62. The van der Waals surface area contributed by atoms with Gasteiger partial charge in [0, 0.05) is 31.0 Å². The highest BCUT2D eigenvalue weighted by atomic mass is 15.2. The smallest absolute Gasteiger partial charge is 0.0332 e. The largest absolute Gasteiger partial charge is 0.329 e. The zero-order valence-corrected chi connectivity index (χ0v) is 13.7. The summed E-state index contributed by atoms with van der Waals surface area (Å²) >= 11 is 0. The van der Waals surface area contributed by atoms with Crippen LogP contribution in [0.1, 0.15) is 51.5 Å². The second kappa shape index (κ2) is 7.90. The van der Waals surface area contributed by atoms with Crippen LogP contribution in [0.25, 0.3) is 0 Å². The van der Waals surface area contributed by atoms with Crippen molar-refractivity contribution in [3.63, 3.8) is 0 Å². The monoisotopic (exact) mass is 289 g/mol. The quantitative estimate of drug-likeness (QED) is 0.838. The molecule has 0 unspecified atom stereocenters. The van der Waals surface area contributed by atoms with E-state index in [0.29, 0.717) is 0 Å². The lowest BCUT2D eigenvalue weighted by Crippen LogP contribution is -2.56. The third-order valence-corrected chi connectivity index (χ3v) is 5.14. The number of hydrogen-bond acceptors (Lipinski definition) is 3. The molecule has 3 heteroatoms. The van der Waals surface area contributed by atoms with Crippen LogP contribution in [0.5, 0.6) is 0 Å². The first-order valence-electron chi connectivity index (χ1n) is 8.54. The van der Waals surface area contributed by atoms with Crippen molar-refractivity contribution in [2.75, 3.05) is 19.6 Å². The van der Waals surface area contributed by atoms with Crippen LogP contribution >= 0.6 is 0 Å². The van der Waals surface area contributed by atoms with Crippen LogP contribution in [0.3, 0.4) is 0 Å². The average Bonchev–Trinajstić information content (AvgIpc) is 2.54. The summed E-state index contributed by atoms with van der Waals surface area (Å²) < 4.78 is 0. The first-order valence-corrected chi connectivity index (χ1v) is 8.54. The molecule has 2 N–H and O–H groups in total. The molecular weight excluding hydrogens is 258 g/mol. The lowest BCUT2D eigenvalue weighted by atomic mass is 9.75. The molecule has 1 saturated carbocycles. The highest BCUT2D eigenvalue weighted by Crippen LogP contribution is 2.36. The van der Waals surface area contributed by atoms with Crippen molar-refractivity contribution in [3.05, 3.63) is 30.1 Å². The van der Waals surface area contributed by atoms with Gasteiger partial charge in [0.1, 0.15) is 0 Å². The molecule has 1 aromatic heterocycles. The first kappa shape index (κ1) is 16.4. The second-order valence-corrected chi connectivity index (χ2v) is 6.71. The van der Waals surface area contributed by atoms with Gasteiger partial charge in [-0.3, -0.25) is 9.88 Å². The van der Waals surface area contributed by atoms with Gasteiger partial charge >= 0.3 is 0 Å². The maximum Gasteiger partial charge on any atom is 0.0332 e. The van der Waals surface area contributed by atoms with E-state index in [1.54, 1.807) is 0 Å². The maximum atomic E-state index is 6.23. The summed E-state index contributed by atoms with van der Waals surface area (Å²) in [5, 5.41) is 0. The molecule has 2 rings (SSSR count). The third kappa shape index (κ3) is 4.27. The molecule has 0 bridgehead atoms. The van der Waals surface area contributed by atoms with E-state index in [0.717, 1.165) is 32.0 Å². The molecule has 1 fully saturated rings. The van der Waals surface area contributed by atoms with Crippen molar-refractivity contribution in [2.45, 2.75) is 57.9 Å². The normalized spacial score (nSPS) is 26.2. The minimum Gasteiger partial charge on any atom is -0.329 e. The molecule has 1 aliphatic rings. The van der Waals surface area contributed by atoms with Crippen molar-refractivity contribution in [2.24, 2.45) is 11.7 Å². The van der Waals surface area contributed by atoms with Crippen LogP contribution in [-0.2, 0) is 6.42 Å². The minimum atomic E-state index is 0.241. The van der Waals surface area contributed by atoms with Gasteiger partial charge in [0.15, 0.2) is 0 Å². The van der Waals surface area contributed by atoms with Gasteiger partial charge in [-0.2, -0.15) is 0 Å². The van der Waals surface area contributed by atoms with Crippen molar-refractivity contribution >= 4 is 0 Å². The zero-order chi connectivity index (χ0) is 15.1. The first-order chi connectivity index (χ1) is 10.2. The van der Waals surface area contributed by atoms with Crippen molar-refractivity contribution in [1.29, 1.82) is 0 Å². The summed E-state index contributed by atoms with van der Waals surface area (Å²) in [6, 6.07) is 4.20. The molecule has 0 aliphatic heterocycles. The minimum absolute atomic E-state index is 0.241. The zero-order valence-electron chi connectivity index (χ0n) is 13.7. The Morgan fingerprint density at radius 2 is 2.10 bits per heavy atom. The Balaban J connectivity index is 2.02. The third-order valence-electron chi connectivity index (χ3n) is 5.14. The lowest BCUT2D eigenvalue weighted by Gasteiger charge is -2.47. The summed E-state index contributed by atoms with van der Waals surface area (Å²) in [6.07, 6.45) is 11.3. The van der Waals surface area contributed by atoms with Gasteiger partial charge in [-0.15, -0.1) is 0 Å². The molecule has 118 valence electrons. The summed E-state index contributed by atoms with van der Waals surface area (Å²) in [7, 11) is 0. The number of pyridine rings is 1. The fraction of sp³-hybridized carbons (Fsp3) is 0.722. The second-order valence-electron chi connectivity index (χ2n) is 6.71. The number of rotatable bonds is 7. The molecule has 0 spiro atoms. The van der Waals surface area contributed by atoms with E-state index in [4.69, 9.17) is 5.73 Å². The molecule has 21 heavy (non-hydrogen) atoms. The number of nitrogens with two attached hydrogens (primary N) is 1. The van der Waals surface area contributed by atoms with Crippen molar-refractivity contribution in [1.82, 2.24) is 9.88 Å². The summed E-state index contributed by atoms with van der Waals surface area (Å²) in [5.41, 5.74) is 7.80. The van der Waals surface area contributed by atoms with Gasteiger partial charge < -0.3 is 5.73 Å². The number of nitrogens with zero attached hydrogens (tertiary/aromatic N) is 2. The highest BCUT2D eigenvalue weighted by molar-refractivity contribution is 5.09. The van der Waals surface area contributed by atoms with Crippen LogP contribution in [-0.4, -0.2) is 35.1 Å². The molecule has 0 aromatic carbocycles. The van der Waals surface area contributed by atoms with Crippen molar-refractivity contribution < 1.29 is 0 Å². The Bertz CT molecular complexity index is 396. The molecule has 0 atom stereocenters. The van der Waals surface area contributed by atoms with E-state index in [9.17, 15) is 0 Å². The Kier molecular flexibility index (Phi) is 6.19. The molecule has 1 aromatic rings. The summed E-state index contributed by atoms with van der Waals surface area (Å²) in [5.74, 6) is 0.867. The Morgan fingerprint density at radius 3 is 2.67 bits per heavy atom. The number of hydrogen-bond donors (Lipinski definition) is 1. The van der Waals surface area contributed by atoms with Crippen LogP contribution in [0, 0.1) is 5.92 Å². The van der Waals surface area contributed by atoms with Crippen molar-refractivity contribution in [3.8, 4) is 0 Å². The van der Waals surface area contributed by atoms with E-state index in [2.05, 4.69) is 29.8 Å². The van der Waals surface area contributed by atoms with Gasteiger partial charge in [0.2, 0.25) is 0 Å². The molecule has 0 amide bonds. The lowest BCUT2D eigenvalue weighted by molar-refractivity contribution is 0.0453. The topological polar surface area (TPSA) is 42.2 Å². The van der Waals surface area contributed by atoms with Crippen LogP contribution in [0.2, 0.25) is 0 Å². The molecule has 3 nitrogen and oxygen atoms in total. The summed E-state index contributed by atoms with van der Waals surface area (Å²) in [4.78, 5) is 6.90. The molecule has 0 saturated heterocycles. The molecule has 1 aliphatic carbocycles. The van der Waals surface area contributed by atoms with E-state index >= 15 is 0 Å². The van der Waals surface area contributed by atoms with E-state index in [1.165, 1.54) is 37.7 Å². The Labute approximate surface area is 129 Å². The SMILES string of the molecule is CCCN(CCc1cccnc1)C1(CN)CCC(C)CC1. The van der Waals surface area contributed by atoms with Crippen LogP contribution in [0.4, 0.5) is 0 Å². The fourth-order valence-electron chi connectivity index (χ4n) is 3.62. The van der Waals surface area contributed by atoms with E-state index < -0.39 is 0 Å². The van der Waals surface area contributed by atoms with Gasteiger partial charge in [-0.1, -0.05) is 19.9 Å². The molecule has 0 radical (unpaired) electrons. The molecule has 1 heterocycles. The van der Waals surface area contributed by atoms with Gasteiger partial charge in [-0.25, -0.2) is 0 Å².